The van der Waals surface area contributed by atoms with Gasteiger partial charge in [0, 0.05) is 44.7 Å². The van der Waals surface area contributed by atoms with Gasteiger partial charge in [-0.15, -0.1) is 11.3 Å². The Balaban J connectivity index is 1.17. The summed E-state index contributed by atoms with van der Waals surface area (Å²) in [6.07, 6.45) is 0.291. The van der Waals surface area contributed by atoms with Crippen LogP contribution in [0.4, 0.5) is 0 Å². The highest BCUT2D eigenvalue weighted by Crippen LogP contribution is 2.23. The Morgan fingerprint density at radius 2 is 1.82 bits per heavy atom. The molecule has 2 aromatic heterocycles. The molecule has 4 rings (SSSR count). The van der Waals surface area contributed by atoms with Gasteiger partial charge in [0.25, 0.3) is 5.91 Å². The summed E-state index contributed by atoms with van der Waals surface area (Å²) in [5, 5.41) is 8.89. The van der Waals surface area contributed by atoms with Crippen molar-refractivity contribution >= 4 is 23.2 Å². The highest BCUT2D eigenvalue weighted by atomic mass is 32.1. The van der Waals surface area contributed by atoms with E-state index >= 15 is 0 Å². The SMILES string of the molecule is CC(C)(C)c1ccc(C(=O)NCCC(=O)N2CCN(Cc3nc(-c4cccs4)no3)CC2)cc1. The fourth-order valence-corrected chi connectivity index (χ4v) is 4.49. The lowest BCUT2D eigenvalue weighted by Crippen LogP contribution is -2.48. The third-order valence-corrected chi connectivity index (χ3v) is 6.80. The molecule has 0 saturated carbocycles. The molecule has 0 atom stereocenters. The number of nitrogens with zero attached hydrogens (tertiary/aromatic N) is 4. The summed E-state index contributed by atoms with van der Waals surface area (Å²) in [4.78, 5) is 34.5. The molecule has 180 valence electrons. The Hall–Kier alpha value is -3.04. The first-order valence-corrected chi connectivity index (χ1v) is 12.4. The summed E-state index contributed by atoms with van der Waals surface area (Å²) in [6.45, 7) is 10.1. The van der Waals surface area contributed by atoms with Crippen molar-refractivity contribution < 1.29 is 14.1 Å². The number of rotatable bonds is 7. The molecule has 0 bridgehead atoms. The number of nitrogens with one attached hydrogen (secondary N) is 1. The van der Waals surface area contributed by atoms with E-state index in [2.05, 4.69) is 41.1 Å². The van der Waals surface area contributed by atoms with Gasteiger partial charge in [-0.1, -0.05) is 44.1 Å². The van der Waals surface area contributed by atoms with Gasteiger partial charge in [0.1, 0.15) is 0 Å². The van der Waals surface area contributed by atoms with Crippen LogP contribution in [0.3, 0.4) is 0 Å². The molecule has 1 aromatic carbocycles. The van der Waals surface area contributed by atoms with Crippen LogP contribution in [0.15, 0.2) is 46.3 Å². The maximum Gasteiger partial charge on any atom is 0.251 e. The van der Waals surface area contributed by atoms with Gasteiger partial charge in [0.2, 0.25) is 17.6 Å². The molecule has 34 heavy (non-hydrogen) atoms. The molecule has 1 aliphatic heterocycles. The molecule has 3 heterocycles. The first-order chi connectivity index (χ1) is 16.3. The summed E-state index contributed by atoms with van der Waals surface area (Å²) >= 11 is 1.58. The van der Waals surface area contributed by atoms with Gasteiger partial charge in [-0.05, 0) is 34.6 Å². The van der Waals surface area contributed by atoms with Crippen molar-refractivity contribution in [2.24, 2.45) is 0 Å². The third-order valence-electron chi connectivity index (χ3n) is 5.93. The number of hydrogen-bond donors (Lipinski definition) is 1. The van der Waals surface area contributed by atoms with Gasteiger partial charge in [-0.2, -0.15) is 4.98 Å². The van der Waals surface area contributed by atoms with Crippen molar-refractivity contribution in [1.82, 2.24) is 25.3 Å². The largest absolute Gasteiger partial charge is 0.352 e. The van der Waals surface area contributed by atoms with E-state index in [9.17, 15) is 9.59 Å². The minimum atomic E-state index is -0.153. The van der Waals surface area contributed by atoms with Crippen molar-refractivity contribution in [2.45, 2.75) is 39.2 Å². The number of benzene rings is 1. The summed E-state index contributed by atoms with van der Waals surface area (Å²) < 4.78 is 5.38. The van der Waals surface area contributed by atoms with E-state index in [1.54, 1.807) is 11.3 Å². The molecule has 1 aliphatic rings. The predicted octanol–water partition coefficient (Wildman–Crippen LogP) is 3.56. The van der Waals surface area contributed by atoms with E-state index in [0.29, 0.717) is 49.9 Å². The molecular formula is C25H31N5O3S. The number of carbonyl (C=O) groups is 2. The maximum absolute atomic E-state index is 12.6. The highest BCUT2D eigenvalue weighted by Gasteiger charge is 2.23. The molecule has 9 heteroatoms. The Kier molecular flexibility index (Phi) is 7.43. The lowest BCUT2D eigenvalue weighted by atomic mass is 9.87. The van der Waals surface area contributed by atoms with Crippen molar-refractivity contribution in [3.63, 3.8) is 0 Å². The van der Waals surface area contributed by atoms with Crippen molar-refractivity contribution in [1.29, 1.82) is 0 Å². The fourth-order valence-electron chi connectivity index (χ4n) is 3.84. The minimum absolute atomic E-state index is 0.0455. The molecule has 0 spiro atoms. The summed E-state index contributed by atoms with van der Waals surface area (Å²) in [5.41, 5.74) is 1.84. The van der Waals surface area contributed by atoms with Crippen LogP contribution in [0.5, 0.6) is 0 Å². The van der Waals surface area contributed by atoms with E-state index in [0.717, 1.165) is 18.0 Å². The predicted molar refractivity (Wildman–Crippen MR) is 132 cm³/mol. The second-order valence-electron chi connectivity index (χ2n) is 9.48. The van der Waals surface area contributed by atoms with Crippen LogP contribution in [0, 0.1) is 0 Å². The number of hydrogen-bond acceptors (Lipinski definition) is 7. The summed E-state index contributed by atoms with van der Waals surface area (Å²) in [7, 11) is 0. The molecule has 0 unspecified atom stereocenters. The molecule has 0 aliphatic carbocycles. The van der Waals surface area contributed by atoms with Crippen LogP contribution in [-0.4, -0.2) is 64.5 Å². The van der Waals surface area contributed by atoms with Gasteiger partial charge in [-0.3, -0.25) is 14.5 Å². The average molecular weight is 482 g/mol. The topological polar surface area (TPSA) is 91.6 Å². The zero-order valence-corrected chi connectivity index (χ0v) is 20.7. The molecule has 8 nitrogen and oxygen atoms in total. The summed E-state index contributed by atoms with van der Waals surface area (Å²) in [5.74, 6) is 1.10. The first-order valence-electron chi connectivity index (χ1n) is 11.5. The van der Waals surface area contributed by atoms with Gasteiger partial charge in [-0.25, -0.2) is 0 Å². The van der Waals surface area contributed by atoms with Crippen LogP contribution in [0.1, 0.15) is 49.0 Å². The number of amides is 2. The number of carbonyl (C=O) groups excluding carboxylic acids is 2. The van der Waals surface area contributed by atoms with Gasteiger partial charge < -0.3 is 14.7 Å². The average Bonchev–Trinajstić information content (AvgIpc) is 3.51. The first kappa shape index (κ1) is 24.1. The summed E-state index contributed by atoms with van der Waals surface area (Å²) in [6, 6.07) is 11.6. The number of piperazine rings is 1. The van der Waals surface area contributed by atoms with E-state index in [-0.39, 0.29) is 17.2 Å². The molecule has 1 saturated heterocycles. The van der Waals surface area contributed by atoms with Crippen molar-refractivity contribution in [3.8, 4) is 10.7 Å². The Labute approximate surface area is 204 Å². The lowest BCUT2D eigenvalue weighted by molar-refractivity contribution is -0.132. The van der Waals surface area contributed by atoms with Gasteiger partial charge in [0.05, 0.1) is 11.4 Å². The Morgan fingerprint density at radius 3 is 2.47 bits per heavy atom. The number of aromatic nitrogens is 2. The molecular weight excluding hydrogens is 450 g/mol. The molecule has 2 amide bonds. The van der Waals surface area contributed by atoms with Crippen LogP contribution < -0.4 is 5.32 Å². The van der Waals surface area contributed by atoms with Gasteiger partial charge >= 0.3 is 0 Å². The van der Waals surface area contributed by atoms with E-state index < -0.39 is 0 Å². The van der Waals surface area contributed by atoms with E-state index in [4.69, 9.17) is 4.52 Å². The minimum Gasteiger partial charge on any atom is -0.352 e. The zero-order chi connectivity index (χ0) is 24.1. The fraction of sp³-hybridized carbons (Fsp3) is 0.440. The smallest absolute Gasteiger partial charge is 0.251 e. The van der Waals surface area contributed by atoms with E-state index in [1.165, 1.54) is 5.56 Å². The quantitative estimate of drug-likeness (QED) is 0.555. The van der Waals surface area contributed by atoms with Crippen LogP contribution in [0.2, 0.25) is 0 Å². The molecule has 3 aromatic rings. The Bertz CT molecular complexity index is 1090. The van der Waals surface area contributed by atoms with Crippen LogP contribution >= 0.6 is 11.3 Å². The number of thiophene rings is 1. The Morgan fingerprint density at radius 1 is 1.09 bits per heavy atom. The van der Waals surface area contributed by atoms with Gasteiger partial charge in [0.15, 0.2) is 0 Å². The second-order valence-corrected chi connectivity index (χ2v) is 10.4. The molecule has 0 radical (unpaired) electrons. The maximum atomic E-state index is 12.6. The monoisotopic (exact) mass is 481 g/mol. The molecule has 1 fully saturated rings. The lowest BCUT2D eigenvalue weighted by Gasteiger charge is -2.34. The normalized spacial score (nSPS) is 14.9. The van der Waals surface area contributed by atoms with Crippen LogP contribution in [-0.2, 0) is 16.8 Å². The highest BCUT2D eigenvalue weighted by molar-refractivity contribution is 7.13. The van der Waals surface area contributed by atoms with Crippen molar-refractivity contribution in [2.75, 3.05) is 32.7 Å². The second kappa shape index (κ2) is 10.5. The van der Waals surface area contributed by atoms with E-state index in [1.807, 2.05) is 46.7 Å². The van der Waals surface area contributed by atoms with Crippen molar-refractivity contribution in [3.05, 3.63) is 58.8 Å². The third kappa shape index (κ3) is 6.09. The van der Waals surface area contributed by atoms with Crippen LogP contribution in [0.25, 0.3) is 10.7 Å². The zero-order valence-electron chi connectivity index (χ0n) is 19.9. The molecule has 1 N–H and O–H groups in total. The standard InChI is InChI=1S/C25H31N5O3S/c1-25(2,3)19-8-6-18(7-9-19)24(32)26-11-10-22(31)30-14-12-29(13-15-30)17-21-27-23(28-33-21)20-5-4-16-34-20/h4-9,16H,10-15,17H2,1-3H3,(H,26,32).